The maximum absolute atomic E-state index is 12.5. The van der Waals surface area contributed by atoms with Gasteiger partial charge in [-0.1, -0.05) is 43.2 Å². The fraction of sp³-hybridized carbons (Fsp3) is 0.458. The lowest BCUT2D eigenvalue weighted by molar-refractivity contribution is 0.0926. The molecule has 4 nitrogen and oxygen atoms in total. The van der Waals surface area contributed by atoms with E-state index < -0.39 is 0 Å². The van der Waals surface area contributed by atoms with Crippen molar-refractivity contribution in [1.29, 1.82) is 0 Å². The Kier molecular flexibility index (Phi) is 7.49. The van der Waals surface area contributed by atoms with Crippen LogP contribution in [0.25, 0.3) is 0 Å². The summed E-state index contributed by atoms with van der Waals surface area (Å²) in [6, 6.07) is 15.9. The number of para-hydroxylation sites is 1. The molecular weight excluding hydrogens is 348 g/mol. The predicted octanol–water partition coefficient (Wildman–Crippen LogP) is 4.57. The van der Waals surface area contributed by atoms with Crippen LogP contribution >= 0.6 is 0 Å². The van der Waals surface area contributed by atoms with Crippen LogP contribution in [0.1, 0.15) is 54.1 Å². The van der Waals surface area contributed by atoms with Crippen molar-refractivity contribution in [3.63, 3.8) is 0 Å². The maximum Gasteiger partial charge on any atom is 0.251 e. The van der Waals surface area contributed by atoms with Crippen LogP contribution < -0.4 is 10.1 Å². The first kappa shape index (κ1) is 20.4. The summed E-state index contributed by atoms with van der Waals surface area (Å²) in [4.78, 5) is 15.0. The molecule has 1 N–H and O–H groups in total. The van der Waals surface area contributed by atoms with Gasteiger partial charge >= 0.3 is 0 Å². The molecule has 28 heavy (non-hydrogen) atoms. The van der Waals surface area contributed by atoms with Gasteiger partial charge in [0.1, 0.15) is 12.4 Å². The molecule has 1 saturated heterocycles. The van der Waals surface area contributed by atoms with E-state index in [2.05, 4.69) is 22.3 Å². The third-order valence-corrected chi connectivity index (χ3v) is 5.28. The fourth-order valence-corrected chi connectivity index (χ4v) is 3.60. The first-order valence-electron chi connectivity index (χ1n) is 10.4. The molecule has 1 aliphatic rings. The van der Waals surface area contributed by atoms with Gasteiger partial charge in [-0.25, -0.2) is 0 Å². The molecule has 150 valence electrons. The summed E-state index contributed by atoms with van der Waals surface area (Å²) in [5.74, 6) is 0.809. The van der Waals surface area contributed by atoms with E-state index >= 15 is 0 Å². The zero-order valence-electron chi connectivity index (χ0n) is 17.1. The van der Waals surface area contributed by atoms with Gasteiger partial charge in [-0.05, 0) is 69.1 Å². The van der Waals surface area contributed by atoms with E-state index in [4.69, 9.17) is 4.74 Å². The molecule has 1 aliphatic heterocycles. The van der Waals surface area contributed by atoms with Gasteiger partial charge in [-0.15, -0.1) is 0 Å². The van der Waals surface area contributed by atoms with Crippen LogP contribution in [0.5, 0.6) is 5.75 Å². The number of benzene rings is 2. The zero-order chi connectivity index (χ0) is 19.8. The Morgan fingerprint density at radius 3 is 2.39 bits per heavy atom. The molecule has 0 spiro atoms. The van der Waals surface area contributed by atoms with Gasteiger partial charge in [-0.2, -0.15) is 0 Å². The smallest absolute Gasteiger partial charge is 0.251 e. The van der Waals surface area contributed by atoms with E-state index in [0.717, 1.165) is 17.9 Å². The molecule has 0 radical (unpaired) electrons. The predicted molar refractivity (Wildman–Crippen MR) is 114 cm³/mol. The second kappa shape index (κ2) is 10.3. The van der Waals surface area contributed by atoms with Crippen molar-refractivity contribution >= 4 is 5.91 Å². The van der Waals surface area contributed by atoms with Gasteiger partial charge in [0, 0.05) is 12.1 Å². The average molecular weight is 381 g/mol. The van der Waals surface area contributed by atoms with Crippen LogP contribution in [0, 0.1) is 6.92 Å². The molecule has 1 heterocycles. The summed E-state index contributed by atoms with van der Waals surface area (Å²) in [5.41, 5.74) is 3.07. The number of carbonyl (C=O) groups is 1. The molecule has 1 fully saturated rings. The van der Waals surface area contributed by atoms with Gasteiger partial charge in [0.15, 0.2) is 0 Å². The number of hydrogen-bond acceptors (Lipinski definition) is 3. The van der Waals surface area contributed by atoms with Gasteiger partial charge in [-0.3, -0.25) is 9.69 Å². The Balaban J connectivity index is 1.47. The number of nitrogens with one attached hydrogen (secondary N) is 1. The minimum Gasteiger partial charge on any atom is -0.491 e. The Labute approximate surface area is 168 Å². The van der Waals surface area contributed by atoms with Crippen molar-refractivity contribution in [1.82, 2.24) is 10.2 Å². The third-order valence-electron chi connectivity index (χ3n) is 5.28. The van der Waals surface area contributed by atoms with Crippen molar-refractivity contribution in [2.45, 2.75) is 52.1 Å². The highest BCUT2D eigenvalue weighted by Crippen LogP contribution is 2.16. The second-order valence-electron chi connectivity index (χ2n) is 7.84. The number of nitrogens with zero attached hydrogens (tertiary/aromatic N) is 1. The number of rotatable bonds is 7. The standard InChI is InChI=1S/C24H32N2O2/c1-19-9-5-6-10-23(19)28-18-20(2)25-24(27)22-13-11-21(12-14-22)17-26-15-7-3-4-8-16-26/h5-6,9-14,20H,3-4,7-8,15-18H2,1-2H3,(H,25,27)/t20-/m0/s1. The first-order valence-corrected chi connectivity index (χ1v) is 10.4. The lowest BCUT2D eigenvalue weighted by Crippen LogP contribution is -2.36. The molecule has 2 aromatic rings. The quantitative estimate of drug-likeness (QED) is 0.765. The minimum atomic E-state index is -0.0658. The van der Waals surface area contributed by atoms with Crippen molar-refractivity contribution in [2.75, 3.05) is 19.7 Å². The van der Waals surface area contributed by atoms with Crippen LogP contribution in [0.15, 0.2) is 48.5 Å². The van der Waals surface area contributed by atoms with Gasteiger partial charge in [0.2, 0.25) is 0 Å². The van der Waals surface area contributed by atoms with Crippen LogP contribution in [-0.4, -0.2) is 36.5 Å². The van der Waals surface area contributed by atoms with Gasteiger partial charge in [0.05, 0.1) is 6.04 Å². The minimum absolute atomic E-state index is 0.0535. The Morgan fingerprint density at radius 2 is 1.71 bits per heavy atom. The van der Waals surface area contributed by atoms with E-state index in [1.807, 2.05) is 50.2 Å². The number of likely N-dealkylation sites (tertiary alicyclic amines) is 1. The van der Waals surface area contributed by atoms with Crippen molar-refractivity contribution in [3.05, 3.63) is 65.2 Å². The van der Waals surface area contributed by atoms with E-state index in [-0.39, 0.29) is 11.9 Å². The van der Waals surface area contributed by atoms with Crippen LogP contribution in [0.3, 0.4) is 0 Å². The summed E-state index contributed by atoms with van der Waals surface area (Å²) in [5, 5.41) is 3.02. The SMILES string of the molecule is Cc1ccccc1OC[C@H](C)NC(=O)c1ccc(CN2CCCCCC2)cc1. The molecular formula is C24H32N2O2. The number of carbonyl (C=O) groups excluding carboxylic acids is 1. The molecule has 0 saturated carbocycles. The third kappa shape index (κ3) is 6.10. The zero-order valence-corrected chi connectivity index (χ0v) is 17.1. The van der Waals surface area contributed by atoms with Crippen molar-refractivity contribution in [3.8, 4) is 5.75 Å². The normalized spacial score (nSPS) is 16.2. The molecule has 0 aliphatic carbocycles. The summed E-state index contributed by atoms with van der Waals surface area (Å²) in [7, 11) is 0. The van der Waals surface area contributed by atoms with Gasteiger partial charge < -0.3 is 10.1 Å². The topological polar surface area (TPSA) is 41.6 Å². The van der Waals surface area contributed by atoms with Crippen molar-refractivity contribution in [2.24, 2.45) is 0 Å². The molecule has 1 amide bonds. The van der Waals surface area contributed by atoms with Crippen molar-refractivity contribution < 1.29 is 9.53 Å². The molecule has 0 bridgehead atoms. The van der Waals surface area contributed by atoms with Crippen LogP contribution in [-0.2, 0) is 6.54 Å². The first-order chi connectivity index (χ1) is 13.6. The number of amides is 1. The summed E-state index contributed by atoms with van der Waals surface area (Å²) >= 11 is 0. The molecule has 2 aromatic carbocycles. The monoisotopic (exact) mass is 380 g/mol. The van der Waals surface area contributed by atoms with Gasteiger partial charge in [0.25, 0.3) is 5.91 Å². The Morgan fingerprint density at radius 1 is 1.04 bits per heavy atom. The molecule has 0 aromatic heterocycles. The maximum atomic E-state index is 12.5. The van der Waals surface area contributed by atoms with E-state index in [1.54, 1.807) is 0 Å². The van der Waals surface area contributed by atoms with Crippen LogP contribution in [0.2, 0.25) is 0 Å². The average Bonchev–Trinajstić information content (AvgIpc) is 2.96. The largest absolute Gasteiger partial charge is 0.491 e. The summed E-state index contributed by atoms with van der Waals surface area (Å²) < 4.78 is 5.83. The second-order valence-corrected chi connectivity index (χ2v) is 7.84. The number of hydrogen-bond donors (Lipinski definition) is 1. The lowest BCUT2D eigenvalue weighted by Gasteiger charge is -2.20. The van der Waals surface area contributed by atoms with E-state index in [1.165, 1.54) is 44.3 Å². The molecule has 0 unspecified atom stereocenters. The van der Waals surface area contributed by atoms with E-state index in [9.17, 15) is 4.79 Å². The Hall–Kier alpha value is -2.33. The highest BCUT2D eigenvalue weighted by atomic mass is 16.5. The highest BCUT2D eigenvalue weighted by molar-refractivity contribution is 5.94. The number of aryl methyl sites for hydroxylation is 1. The van der Waals surface area contributed by atoms with Crippen LogP contribution in [0.4, 0.5) is 0 Å². The summed E-state index contributed by atoms with van der Waals surface area (Å²) in [6.45, 7) is 7.77. The highest BCUT2D eigenvalue weighted by Gasteiger charge is 2.12. The summed E-state index contributed by atoms with van der Waals surface area (Å²) in [6.07, 6.45) is 5.29. The molecule has 4 heteroatoms. The van der Waals surface area contributed by atoms with E-state index in [0.29, 0.717) is 12.2 Å². The lowest BCUT2D eigenvalue weighted by atomic mass is 10.1. The fourth-order valence-electron chi connectivity index (χ4n) is 3.60. The molecule has 1 atom stereocenters. The molecule has 3 rings (SSSR count). The number of ether oxygens (including phenoxy) is 1. The Bertz CT molecular complexity index is 749.